The minimum absolute atomic E-state index is 0.311. The molecule has 1 aliphatic rings. The van der Waals surface area contributed by atoms with E-state index in [1.54, 1.807) is 18.2 Å². The van der Waals surface area contributed by atoms with Crippen LogP contribution in [0.3, 0.4) is 0 Å². The molecule has 0 aromatic heterocycles. The van der Waals surface area contributed by atoms with Crippen LogP contribution >= 0.6 is 11.6 Å². The first-order chi connectivity index (χ1) is 6.61. The first kappa shape index (κ1) is 9.49. The number of fused-ring (bicyclic) bond motifs is 1. The maximum atomic E-state index is 10.8. The number of aliphatic carboxylic acids is 1. The standard InChI is InChI=1S/C10H9ClO3/c11-8-3-1-2-5-6(8)4-7(9(5)12)10(13)14/h1-3,7,9,12H,4H2,(H,13,14). The molecule has 0 radical (unpaired) electrons. The molecular formula is C10H9ClO3. The van der Waals surface area contributed by atoms with Gasteiger partial charge in [0, 0.05) is 5.02 Å². The van der Waals surface area contributed by atoms with Crippen molar-refractivity contribution in [3.05, 3.63) is 34.3 Å². The molecule has 74 valence electrons. The number of rotatable bonds is 1. The summed E-state index contributed by atoms with van der Waals surface area (Å²) in [5.74, 6) is -1.74. The molecule has 4 heteroatoms. The van der Waals surface area contributed by atoms with Gasteiger partial charge in [0.2, 0.25) is 0 Å². The molecule has 0 spiro atoms. The second kappa shape index (κ2) is 3.26. The van der Waals surface area contributed by atoms with Crippen LogP contribution in [-0.4, -0.2) is 16.2 Å². The molecule has 0 bridgehead atoms. The number of benzene rings is 1. The lowest BCUT2D eigenvalue weighted by Crippen LogP contribution is -2.17. The Kier molecular flexibility index (Phi) is 2.21. The molecule has 1 aliphatic carbocycles. The van der Waals surface area contributed by atoms with Gasteiger partial charge in [0.15, 0.2) is 0 Å². The molecule has 1 aromatic rings. The largest absolute Gasteiger partial charge is 0.481 e. The van der Waals surface area contributed by atoms with E-state index in [1.807, 2.05) is 0 Å². The average Bonchev–Trinajstić information content (AvgIpc) is 2.46. The fourth-order valence-corrected chi connectivity index (χ4v) is 2.10. The Morgan fingerprint density at radius 3 is 2.79 bits per heavy atom. The van der Waals surface area contributed by atoms with E-state index in [0.717, 1.165) is 5.56 Å². The zero-order valence-corrected chi connectivity index (χ0v) is 8.03. The predicted molar refractivity (Wildman–Crippen MR) is 51.2 cm³/mol. The number of halogens is 1. The van der Waals surface area contributed by atoms with Crippen LogP contribution in [0.4, 0.5) is 0 Å². The highest BCUT2D eigenvalue weighted by molar-refractivity contribution is 6.31. The van der Waals surface area contributed by atoms with E-state index in [0.29, 0.717) is 17.0 Å². The summed E-state index contributed by atoms with van der Waals surface area (Å²) in [6, 6.07) is 5.14. The highest BCUT2D eigenvalue weighted by Gasteiger charge is 2.36. The Morgan fingerprint density at radius 2 is 2.21 bits per heavy atom. The number of hydrogen-bond donors (Lipinski definition) is 2. The Morgan fingerprint density at radius 1 is 1.50 bits per heavy atom. The molecule has 2 rings (SSSR count). The van der Waals surface area contributed by atoms with E-state index >= 15 is 0 Å². The normalized spacial score (nSPS) is 24.7. The van der Waals surface area contributed by atoms with Gasteiger partial charge < -0.3 is 10.2 Å². The van der Waals surface area contributed by atoms with Crippen molar-refractivity contribution < 1.29 is 15.0 Å². The van der Waals surface area contributed by atoms with Crippen LogP contribution in [0.15, 0.2) is 18.2 Å². The summed E-state index contributed by atoms with van der Waals surface area (Å²) in [6.07, 6.45) is -0.618. The van der Waals surface area contributed by atoms with Crippen LogP contribution in [0.2, 0.25) is 5.02 Å². The minimum Gasteiger partial charge on any atom is -0.481 e. The monoisotopic (exact) mass is 212 g/mol. The Hall–Kier alpha value is -1.06. The molecule has 0 amide bonds. The molecule has 0 fully saturated rings. The molecule has 0 saturated carbocycles. The van der Waals surface area contributed by atoms with Crippen LogP contribution < -0.4 is 0 Å². The topological polar surface area (TPSA) is 57.5 Å². The molecule has 2 unspecified atom stereocenters. The van der Waals surface area contributed by atoms with Crippen molar-refractivity contribution in [1.82, 2.24) is 0 Å². The van der Waals surface area contributed by atoms with Crippen LogP contribution in [0.25, 0.3) is 0 Å². The third kappa shape index (κ3) is 1.29. The van der Waals surface area contributed by atoms with Crippen LogP contribution in [-0.2, 0) is 11.2 Å². The van der Waals surface area contributed by atoms with E-state index in [1.165, 1.54) is 0 Å². The summed E-state index contributed by atoms with van der Waals surface area (Å²) in [5.41, 5.74) is 1.40. The van der Waals surface area contributed by atoms with E-state index < -0.39 is 18.0 Å². The number of carboxylic acids is 1. The Balaban J connectivity index is 2.45. The van der Waals surface area contributed by atoms with Crippen molar-refractivity contribution in [2.75, 3.05) is 0 Å². The number of aliphatic hydroxyl groups excluding tert-OH is 1. The van der Waals surface area contributed by atoms with Crippen LogP contribution in [0, 0.1) is 5.92 Å². The second-order valence-electron chi connectivity index (χ2n) is 3.40. The van der Waals surface area contributed by atoms with Gasteiger partial charge in [0.25, 0.3) is 0 Å². The van der Waals surface area contributed by atoms with Gasteiger partial charge in [-0.25, -0.2) is 0 Å². The molecule has 1 aromatic carbocycles. The van der Waals surface area contributed by atoms with Gasteiger partial charge in [0.1, 0.15) is 0 Å². The molecule has 0 heterocycles. The summed E-state index contributed by atoms with van der Waals surface area (Å²) >= 11 is 5.90. The van der Waals surface area contributed by atoms with Crippen molar-refractivity contribution in [3.8, 4) is 0 Å². The van der Waals surface area contributed by atoms with Crippen molar-refractivity contribution in [1.29, 1.82) is 0 Å². The van der Waals surface area contributed by atoms with Gasteiger partial charge in [-0.05, 0) is 23.6 Å². The number of aliphatic hydroxyl groups is 1. The van der Waals surface area contributed by atoms with E-state index in [4.69, 9.17) is 16.7 Å². The molecule has 0 aliphatic heterocycles. The third-order valence-corrected chi connectivity index (χ3v) is 2.95. The van der Waals surface area contributed by atoms with E-state index in [9.17, 15) is 9.90 Å². The highest BCUT2D eigenvalue weighted by atomic mass is 35.5. The molecule has 3 nitrogen and oxygen atoms in total. The molecule has 14 heavy (non-hydrogen) atoms. The average molecular weight is 213 g/mol. The van der Waals surface area contributed by atoms with Crippen molar-refractivity contribution in [2.45, 2.75) is 12.5 Å². The van der Waals surface area contributed by atoms with Gasteiger partial charge in [0.05, 0.1) is 12.0 Å². The molecule has 2 atom stereocenters. The van der Waals surface area contributed by atoms with Crippen LogP contribution in [0.5, 0.6) is 0 Å². The summed E-state index contributed by atoms with van der Waals surface area (Å²) in [6.45, 7) is 0. The first-order valence-corrected chi connectivity index (χ1v) is 4.67. The maximum absolute atomic E-state index is 10.8. The summed E-state index contributed by atoms with van der Waals surface area (Å²) < 4.78 is 0. The first-order valence-electron chi connectivity index (χ1n) is 4.29. The highest BCUT2D eigenvalue weighted by Crippen LogP contribution is 2.39. The van der Waals surface area contributed by atoms with E-state index in [-0.39, 0.29) is 0 Å². The smallest absolute Gasteiger partial charge is 0.309 e. The van der Waals surface area contributed by atoms with Gasteiger partial charge in [-0.3, -0.25) is 4.79 Å². The Labute approximate surface area is 85.9 Å². The van der Waals surface area contributed by atoms with E-state index in [2.05, 4.69) is 0 Å². The molecule has 2 N–H and O–H groups in total. The summed E-state index contributed by atoms with van der Waals surface area (Å²) in [4.78, 5) is 10.8. The fraction of sp³-hybridized carbons (Fsp3) is 0.300. The minimum atomic E-state index is -0.982. The molecular weight excluding hydrogens is 204 g/mol. The maximum Gasteiger partial charge on any atom is 0.309 e. The fourth-order valence-electron chi connectivity index (χ4n) is 1.84. The number of hydrogen-bond acceptors (Lipinski definition) is 2. The molecule has 0 saturated heterocycles. The lowest BCUT2D eigenvalue weighted by atomic mass is 10.0. The number of carbonyl (C=O) groups is 1. The third-order valence-electron chi connectivity index (χ3n) is 2.60. The van der Waals surface area contributed by atoms with Crippen molar-refractivity contribution in [3.63, 3.8) is 0 Å². The summed E-state index contributed by atoms with van der Waals surface area (Å²) in [7, 11) is 0. The SMILES string of the molecule is O=C(O)C1Cc2c(Cl)cccc2C1O. The quantitative estimate of drug-likeness (QED) is 0.744. The Bertz CT molecular complexity index is 389. The second-order valence-corrected chi connectivity index (χ2v) is 3.81. The van der Waals surface area contributed by atoms with Crippen molar-refractivity contribution in [2.24, 2.45) is 5.92 Å². The lowest BCUT2D eigenvalue weighted by Gasteiger charge is -2.08. The van der Waals surface area contributed by atoms with Crippen LogP contribution in [0.1, 0.15) is 17.2 Å². The lowest BCUT2D eigenvalue weighted by molar-refractivity contribution is -0.145. The zero-order chi connectivity index (χ0) is 10.3. The zero-order valence-electron chi connectivity index (χ0n) is 7.27. The predicted octanol–water partition coefficient (Wildman–Crippen LogP) is 1.63. The number of carboxylic acid groups (broad SMARTS) is 1. The van der Waals surface area contributed by atoms with Gasteiger partial charge in [-0.2, -0.15) is 0 Å². The van der Waals surface area contributed by atoms with Crippen molar-refractivity contribution >= 4 is 17.6 Å². The van der Waals surface area contributed by atoms with Gasteiger partial charge in [-0.15, -0.1) is 0 Å². The summed E-state index contributed by atoms with van der Waals surface area (Å²) in [5, 5.41) is 19.1. The van der Waals surface area contributed by atoms with Gasteiger partial charge >= 0.3 is 5.97 Å². The van der Waals surface area contributed by atoms with Gasteiger partial charge in [-0.1, -0.05) is 23.7 Å².